The molecule has 0 unspecified atom stereocenters. The minimum absolute atomic E-state index is 0.0371. The smallest absolute Gasteiger partial charge is 0.269 e. The number of nitrogens with one attached hydrogen (secondary N) is 1. The monoisotopic (exact) mass is 658 g/mol. The van der Waals surface area contributed by atoms with Crippen molar-refractivity contribution in [1.82, 2.24) is 10.2 Å². The van der Waals surface area contributed by atoms with E-state index >= 15 is 0 Å². The van der Waals surface area contributed by atoms with Gasteiger partial charge in [0.1, 0.15) is 18.3 Å². The summed E-state index contributed by atoms with van der Waals surface area (Å²) in [4.78, 5) is 40.6. The molecule has 0 heterocycles. The van der Waals surface area contributed by atoms with Crippen molar-refractivity contribution in [2.75, 3.05) is 18.0 Å². The molecule has 2 amide bonds. The fourth-order valence-corrected chi connectivity index (χ4v) is 6.40. The van der Waals surface area contributed by atoms with Gasteiger partial charge >= 0.3 is 0 Å². The number of hydrogen-bond donors (Lipinski definition) is 1. The van der Waals surface area contributed by atoms with Gasteiger partial charge < -0.3 is 15.0 Å². The van der Waals surface area contributed by atoms with Gasteiger partial charge in [-0.25, -0.2) is 8.42 Å². The minimum atomic E-state index is -4.34. The average Bonchev–Trinajstić information content (AvgIpc) is 3.05. The summed E-state index contributed by atoms with van der Waals surface area (Å²) in [6, 6.07) is 27.8. The molecule has 47 heavy (non-hydrogen) atoms. The van der Waals surface area contributed by atoms with Gasteiger partial charge in [0.05, 0.1) is 22.6 Å². The number of carbonyl (C=O) groups is 2. The number of nitrogens with zero attached hydrogens (tertiary/aromatic N) is 3. The van der Waals surface area contributed by atoms with Crippen LogP contribution in [-0.2, 0) is 32.6 Å². The Kier molecular flexibility index (Phi) is 11.0. The van der Waals surface area contributed by atoms with Crippen LogP contribution in [0.25, 0.3) is 0 Å². The second-order valence-electron chi connectivity index (χ2n) is 11.9. The number of ether oxygens (including phenoxy) is 1. The van der Waals surface area contributed by atoms with Crippen molar-refractivity contribution >= 4 is 33.2 Å². The molecule has 0 aliphatic carbocycles. The maximum atomic E-state index is 14.5. The number of hydrogen-bond acceptors (Lipinski definition) is 7. The fourth-order valence-electron chi connectivity index (χ4n) is 4.96. The van der Waals surface area contributed by atoms with E-state index in [9.17, 15) is 28.1 Å². The number of carbonyl (C=O) groups excluding carboxylic acids is 2. The molecule has 0 aliphatic rings. The molecule has 0 saturated carbocycles. The van der Waals surface area contributed by atoms with Gasteiger partial charge in [0.2, 0.25) is 11.8 Å². The first kappa shape index (κ1) is 34.6. The third-order valence-electron chi connectivity index (χ3n) is 7.21. The van der Waals surface area contributed by atoms with Crippen molar-refractivity contribution in [3.63, 3.8) is 0 Å². The Hall–Kier alpha value is -5.23. The second-order valence-corrected chi connectivity index (χ2v) is 13.8. The normalized spacial score (nSPS) is 12.1. The van der Waals surface area contributed by atoms with E-state index in [1.165, 1.54) is 48.4 Å². The van der Waals surface area contributed by atoms with Crippen molar-refractivity contribution in [3.05, 3.63) is 130 Å². The highest BCUT2D eigenvalue weighted by atomic mass is 32.2. The van der Waals surface area contributed by atoms with Crippen LogP contribution in [0.2, 0.25) is 0 Å². The van der Waals surface area contributed by atoms with Gasteiger partial charge in [-0.3, -0.25) is 24.0 Å². The van der Waals surface area contributed by atoms with E-state index < -0.39 is 44.9 Å². The van der Waals surface area contributed by atoms with Crippen LogP contribution in [0.4, 0.5) is 11.4 Å². The summed E-state index contributed by atoms with van der Waals surface area (Å²) >= 11 is 0. The number of non-ortho nitro benzene ring substituents is 1. The molecule has 12 heteroatoms. The van der Waals surface area contributed by atoms with E-state index in [1.54, 1.807) is 42.5 Å². The lowest BCUT2D eigenvalue weighted by molar-refractivity contribution is -0.384. The third-order valence-corrected chi connectivity index (χ3v) is 9.00. The lowest BCUT2D eigenvalue weighted by atomic mass is 10.0. The van der Waals surface area contributed by atoms with Crippen LogP contribution >= 0.6 is 0 Å². The zero-order valence-corrected chi connectivity index (χ0v) is 27.5. The Balaban J connectivity index is 1.83. The van der Waals surface area contributed by atoms with E-state index in [2.05, 4.69) is 5.32 Å². The van der Waals surface area contributed by atoms with Gasteiger partial charge in [-0.1, -0.05) is 60.7 Å². The lowest BCUT2D eigenvalue weighted by Gasteiger charge is -2.35. The molecule has 0 saturated heterocycles. The highest BCUT2D eigenvalue weighted by Crippen LogP contribution is 2.27. The number of amides is 2. The number of methoxy groups -OCH3 is 1. The first-order valence-electron chi connectivity index (χ1n) is 14.9. The molecule has 0 aromatic heterocycles. The Morgan fingerprint density at radius 2 is 1.47 bits per heavy atom. The highest BCUT2D eigenvalue weighted by molar-refractivity contribution is 7.92. The first-order chi connectivity index (χ1) is 22.3. The molecule has 1 atom stereocenters. The van der Waals surface area contributed by atoms with E-state index in [0.717, 1.165) is 9.87 Å². The minimum Gasteiger partial charge on any atom is -0.497 e. The molecule has 4 aromatic rings. The quantitative estimate of drug-likeness (QED) is 0.151. The van der Waals surface area contributed by atoms with Crippen LogP contribution in [0.1, 0.15) is 31.9 Å². The number of sulfonamides is 1. The Bertz CT molecular complexity index is 1790. The van der Waals surface area contributed by atoms with E-state index in [1.807, 2.05) is 51.1 Å². The maximum absolute atomic E-state index is 14.5. The van der Waals surface area contributed by atoms with Gasteiger partial charge in [-0.15, -0.1) is 0 Å². The van der Waals surface area contributed by atoms with Crippen LogP contribution in [0.5, 0.6) is 5.75 Å². The number of benzene rings is 4. The van der Waals surface area contributed by atoms with Crippen molar-refractivity contribution in [2.45, 2.75) is 50.2 Å². The zero-order valence-electron chi connectivity index (χ0n) is 26.7. The topological polar surface area (TPSA) is 139 Å². The number of rotatable bonds is 13. The molecular weight excluding hydrogens is 620 g/mol. The van der Waals surface area contributed by atoms with Crippen LogP contribution in [0.15, 0.2) is 114 Å². The summed E-state index contributed by atoms with van der Waals surface area (Å²) in [6.45, 7) is 4.78. The van der Waals surface area contributed by atoms with Crippen molar-refractivity contribution < 1.29 is 27.7 Å². The van der Waals surface area contributed by atoms with E-state index in [4.69, 9.17) is 4.74 Å². The summed E-state index contributed by atoms with van der Waals surface area (Å²) in [5.41, 5.74) is 0.644. The molecule has 11 nitrogen and oxygen atoms in total. The van der Waals surface area contributed by atoms with Gasteiger partial charge in [-0.2, -0.15) is 0 Å². The summed E-state index contributed by atoms with van der Waals surface area (Å²) in [6.07, 6.45) is 0.154. The Morgan fingerprint density at radius 1 is 0.872 bits per heavy atom. The number of anilines is 1. The fraction of sp³-hybridized carbons (Fsp3) is 0.257. The summed E-state index contributed by atoms with van der Waals surface area (Å²) in [5, 5.41) is 14.3. The molecule has 1 N–H and O–H groups in total. The predicted octanol–water partition coefficient (Wildman–Crippen LogP) is 5.35. The Labute approximate surface area is 275 Å². The SMILES string of the molecule is COc1cccc(CN(C(=O)CN(c2ccc([N+](=O)[O-])cc2)S(=O)(=O)c2ccccc2)[C@@H](Cc2ccccc2)C(=O)NC(C)(C)C)c1. The molecule has 0 bridgehead atoms. The molecule has 0 spiro atoms. The summed E-state index contributed by atoms with van der Waals surface area (Å²) < 4.78 is 34.4. The standard InChI is InChI=1S/C35H38N4O7S/c1-35(2,3)36-34(41)32(23-26-12-7-5-8-13-26)37(24-27-14-11-15-30(22-27)46-4)33(40)25-38(28-18-20-29(21-19-28)39(42)43)47(44,45)31-16-9-6-10-17-31/h5-22,32H,23-25H2,1-4H3,(H,36,41)/t32-/m0/s1. The van der Waals surface area contributed by atoms with Crippen LogP contribution in [0.3, 0.4) is 0 Å². The van der Waals surface area contributed by atoms with Gasteiger partial charge in [0, 0.05) is 30.6 Å². The third kappa shape index (κ3) is 9.17. The van der Waals surface area contributed by atoms with E-state index in [-0.39, 0.29) is 29.2 Å². The van der Waals surface area contributed by atoms with E-state index in [0.29, 0.717) is 11.3 Å². The van der Waals surface area contributed by atoms with Crippen molar-refractivity contribution in [1.29, 1.82) is 0 Å². The predicted molar refractivity (Wildman–Crippen MR) is 179 cm³/mol. The van der Waals surface area contributed by atoms with Crippen LogP contribution < -0.4 is 14.4 Å². The van der Waals surface area contributed by atoms with Gasteiger partial charge in [0.15, 0.2) is 0 Å². The molecular formula is C35H38N4O7S. The maximum Gasteiger partial charge on any atom is 0.269 e. The summed E-state index contributed by atoms with van der Waals surface area (Å²) in [5.74, 6) is -0.520. The second kappa shape index (κ2) is 14.9. The molecule has 0 aliphatic heterocycles. The molecule has 0 fully saturated rings. The summed E-state index contributed by atoms with van der Waals surface area (Å²) in [7, 11) is -2.82. The lowest BCUT2D eigenvalue weighted by Crippen LogP contribution is -2.56. The molecule has 4 aromatic carbocycles. The number of nitro groups is 1. The largest absolute Gasteiger partial charge is 0.497 e. The van der Waals surface area contributed by atoms with Gasteiger partial charge in [-0.05, 0) is 68.3 Å². The first-order valence-corrected chi connectivity index (χ1v) is 16.3. The molecule has 246 valence electrons. The zero-order chi connectivity index (χ0) is 34.2. The van der Waals surface area contributed by atoms with Gasteiger partial charge in [0.25, 0.3) is 15.7 Å². The Morgan fingerprint density at radius 3 is 2.04 bits per heavy atom. The molecule has 4 rings (SSSR count). The number of nitro benzene ring substituents is 1. The average molecular weight is 659 g/mol. The van der Waals surface area contributed by atoms with Crippen LogP contribution in [0, 0.1) is 10.1 Å². The molecule has 0 radical (unpaired) electrons. The van der Waals surface area contributed by atoms with Crippen molar-refractivity contribution in [2.24, 2.45) is 0 Å². The van der Waals surface area contributed by atoms with Crippen molar-refractivity contribution in [3.8, 4) is 5.75 Å². The highest BCUT2D eigenvalue weighted by Gasteiger charge is 2.35. The van der Waals surface area contributed by atoms with Crippen LogP contribution in [-0.4, -0.2) is 55.3 Å².